The van der Waals surface area contributed by atoms with Crippen molar-refractivity contribution >= 4 is 23.5 Å². The lowest BCUT2D eigenvalue weighted by Gasteiger charge is -2.37. The topological polar surface area (TPSA) is 96.4 Å². The summed E-state index contributed by atoms with van der Waals surface area (Å²) in [7, 11) is 0. The molecule has 7 nitrogen and oxygen atoms in total. The summed E-state index contributed by atoms with van der Waals surface area (Å²) < 4.78 is 26.1. The van der Waals surface area contributed by atoms with Crippen LogP contribution in [-0.2, 0) is 14.3 Å². The molecule has 2 aliphatic rings. The van der Waals surface area contributed by atoms with Crippen LogP contribution in [0.25, 0.3) is 0 Å². The predicted octanol–water partition coefficient (Wildman–Crippen LogP) is 2.56. The van der Waals surface area contributed by atoms with Crippen molar-refractivity contribution in [3.63, 3.8) is 0 Å². The van der Waals surface area contributed by atoms with E-state index in [1.807, 2.05) is 0 Å². The molecule has 150 valence electrons. The molecular formula is C18H26FN3O4S. The number of nitrogens with two attached hydrogens (primary N) is 1. The van der Waals surface area contributed by atoms with E-state index in [-0.39, 0.29) is 6.10 Å². The number of ether oxygens (including phenoxy) is 2. The van der Waals surface area contributed by atoms with Crippen LogP contribution in [0.2, 0.25) is 0 Å². The highest BCUT2D eigenvalue weighted by Crippen LogP contribution is 2.37. The molecule has 1 aromatic heterocycles. The van der Waals surface area contributed by atoms with Gasteiger partial charge in [-0.05, 0) is 30.6 Å². The number of esters is 1. The van der Waals surface area contributed by atoms with E-state index in [0.717, 1.165) is 30.0 Å². The minimum atomic E-state index is -0.840. The van der Waals surface area contributed by atoms with Crippen molar-refractivity contribution in [3.8, 4) is 0 Å². The lowest BCUT2D eigenvalue weighted by molar-refractivity contribution is -0.166. The van der Waals surface area contributed by atoms with Gasteiger partial charge < -0.3 is 15.2 Å². The second kappa shape index (κ2) is 8.18. The highest BCUT2D eigenvalue weighted by Gasteiger charge is 2.39. The molecule has 0 unspecified atom stereocenters. The van der Waals surface area contributed by atoms with Gasteiger partial charge in [0.25, 0.3) is 0 Å². The molecule has 0 amide bonds. The molecule has 2 fully saturated rings. The number of nitrogens with zero attached hydrogens (tertiary/aromatic N) is 2. The van der Waals surface area contributed by atoms with Crippen molar-refractivity contribution in [2.75, 3.05) is 11.5 Å². The predicted molar refractivity (Wildman–Crippen MR) is 100 cm³/mol. The number of aromatic nitrogens is 2. The maximum atomic E-state index is 13.6. The summed E-state index contributed by atoms with van der Waals surface area (Å²) >= 11 is 1.23. The number of rotatable bonds is 4. The van der Waals surface area contributed by atoms with Gasteiger partial charge in [0.15, 0.2) is 11.6 Å². The van der Waals surface area contributed by atoms with Gasteiger partial charge in [-0.25, -0.2) is 14.0 Å². The number of nitrogen functional groups attached to an aromatic ring is 1. The fraction of sp³-hybridized carbons (Fsp3) is 0.722. The maximum absolute atomic E-state index is 13.6. The molecule has 1 aliphatic heterocycles. The minimum Gasteiger partial charge on any atom is -0.459 e. The van der Waals surface area contributed by atoms with E-state index in [1.54, 1.807) is 0 Å². The second-order valence-corrected chi connectivity index (χ2v) is 8.82. The van der Waals surface area contributed by atoms with E-state index in [4.69, 9.17) is 15.2 Å². The van der Waals surface area contributed by atoms with Crippen LogP contribution in [0.3, 0.4) is 0 Å². The Hall–Kier alpha value is -1.61. The third kappa shape index (κ3) is 4.45. The lowest BCUT2D eigenvalue weighted by Crippen LogP contribution is -2.38. The fourth-order valence-corrected chi connectivity index (χ4v) is 4.76. The van der Waals surface area contributed by atoms with Crippen LogP contribution >= 0.6 is 11.8 Å². The molecule has 27 heavy (non-hydrogen) atoms. The van der Waals surface area contributed by atoms with Gasteiger partial charge in [-0.2, -0.15) is 4.98 Å². The average molecular weight is 399 g/mol. The molecule has 0 bridgehead atoms. The molecule has 2 N–H and O–H groups in total. The normalized spacial score (nSPS) is 31.2. The van der Waals surface area contributed by atoms with E-state index in [1.165, 1.54) is 11.8 Å². The zero-order chi connectivity index (χ0) is 19.7. The monoisotopic (exact) mass is 399 g/mol. The summed E-state index contributed by atoms with van der Waals surface area (Å²) in [6.45, 7) is 6.46. The van der Waals surface area contributed by atoms with E-state index >= 15 is 0 Å². The molecule has 5 atom stereocenters. The number of anilines is 1. The Morgan fingerprint density at radius 2 is 2.22 bits per heavy atom. The Labute approximate surface area is 161 Å². The summed E-state index contributed by atoms with van der Waals surface area (Å²) in [5, 5.41) is 0. The van der Waals surface area contributed by atoms with Crippen LogP contribution in [0.15, 0.2) is 11.0 Å². The number of thioether (sulfide) groups is 1. The second-order valence-electron chi connectivity index (χ2n) is 7.72. The van der Waals surface area contributed by atoms with Crippen molar-refractivity contribution in [2.24, 2.45) is 17.8 Å². The van der Waals surface area contributed by atoms with Crippen LogP contribution < -0.4 is 11.4 Å². The molecule has 2 heterocycles. The Kier molecular flexibility index (Phi) is 6.10. The van der Waals surface area contributed by atoms with Crippen LogP contribution in [0, 0.1) is 23.6 Å². The molecule has 3 rings (SSSR count). The highest BCUT2D eigenvalue weighted by molar-refractivity contribution is 8.00. The fourth-order valence-electron chi connectivity index (χ4n) is 3.78. The van der Waals surface area contributed by atoms with Gasteiger partial charge in [-0.15, -0.1) is 11.8 Å². The zero-order valence-electron chi connectivity index (χ0n) is 15.8. The molecule has 0 radical (unpaired) electrons. The van der Waals surface area contributed by atoms with E-state index in [2.05, 4.69) is 25.8 Å². The lowest BCUT2D eigenvalue weighted by atomic mass is 9.75. The van der Waals surface area contributed by atoms with Crippen molar-refractivity contribution < 1.29 is 18.7 Å². The van der Waals surface area contributed by atoms with Crippen LogP contribution in [0.5, 0.6) is 0 Å². The maximum Gasteiger partial charge on any atom is 0.351 e. The van der Waals surface area contributed by atoms with E-state index in [9.17, 15) is 14.0 Å². The highest BCUT2D eigenvalue weighted by atomic mass is 32.2. The average Bonchev–Trinajstić information content (AvgIpc) is 3.08. The smallest absolute Gasteiger partial charge is 0.351 e. The van der Waals surface area contributed by atoms with Crippen LogP contribution in [0.1, 0.15) is 46.3 Å². The number of carbonyl (C=O) groups excluding carboxylic acids is 1. The summed E-state index contributed by atoms with van der Waals surface area (Å²) in [6.07, 6.45) is 3.09. The largest absolute Gasteiger partial charge is 0.459 e. The zero-order valence-corrected chi connectivity index (χ0v) is 16.6. The van der Waals surface area contributed by atoms with Crippen molar-refractivity contribution in [1.82, 2.24) is 9.55 Å². The summed E-state index contributed by atoms with van der Waals surface area (Å²) in [6, 6.07) is 0. The van der Waals surface area contributed by atoms with Gasteiger partial charge in [0, 0.05) is 5.75 Å². The summed E-state index contributed by atoms with van der Waals surface area (Å²) in [5.41, 5.74) is 3.74. The standard InChI is InChI=1S/C18H26FN3O4S/c1-9(2)11-5-4-10(3)6-13(11)25-16(23)17-26-14(8-27-17)22-7-12(19)15(20)21-18(22)24/h7,9-11,13-14,17H,4-6,8H2,1-3H3,(H2,20,21,24)/t10-,11+,13-,14+,17-/m0/s1. The third-order valence-corrected chi connectivity index (χ3v) is 6.42. The Balaban J connectivity index is 1.65. The van der Waals surface area contributed by atoms with Crippen LogP contribution in [0.4, 0.5) is 10.2 Å². The van der Waals surface area contributed by atoms with E-state index in [0.29, 0.717) is 23.5 Å². The van der Waals surface area contributed by atoms with Gasteiger partial charge in [0.05, 0.1) is 6.20 Å². The summed E-state index contributed by atoms with van der Waals surface area (Å²) in [5.74, 6) is -0.0872. The van der Waals surface area contributed by atoms with Gasteiger partial charge in [0.1, 0.15) is 12.3 Å². The van der Waals surface area contributed by atoms with Crippen molar-refractivity contribution in [1.29, 1.82) is 0 Å². The third-order valence-electron chi connectivity index (χ3n) is 5.34. The first-order valence-corrected chi connectivity index (χ1v) is 10.3. The van der Waals surface area contributed by atoms with Gasteiger partial charge in [-0.3, -0.25) is 4.57 Å². The molecule has 1 aliphatic carbocycles. The van der Waals surface area contributed by atoms with Gasteiger partial charge >= 0.3 is 11.7 Å². The van der Waals surface area contributed by atoms with Gasteiger partial charge in [0.2, 0.25) is 5.44 Å². The molecule has 0 spiro atoms. The molecule has 9 heteroatoms. The first kappa shape index (κ1) is 20.1. The molecule has 1 aromatic rings. The molecule has 1 saturated carbocycles. The molecule has 0 aromatic carbocycles. The van der Waals surface area contributed by atoms with E-state index < -0.39 is 35.0 Å². The van der Waals surface area contributed by atoms with Crippen LogP contribution in [-0.4, -0.2) is 32.8 Å². The van der Waals surface area contributed by atoms with Crippen molar-refractivity contribution in [2.45, 2.75) is 57.8 Å². The number of halogens is 1. The number of hydrogen-bond acceptors (Lipinski definition) is 7. The number of hydrogen-bond donors (Lipinski definition) is 1. The van der Waals surface area contributed by atoms with Crippen molar-refractivity contribution in [3.05, 3.63) is 22.5 Å². The van der Waals surface area contributed by atoms with Gasteiger partial charge in [-0.1, -0.05) is 27.2 Å². The first-order chi connectivity index (χ1) is 12.8. The quantitative estimate of drug-likeness (QED) is 0.777. The number of carbonyl (C=O) groups is 1. The molecule has 1 saturated heterocycles. The summed E-state index contributed by atoms with van der Waals surface area (Å²) in [4.78, 5) is 28.0. The molecular weight excluding hydrogens is 373 g/mol. The first-order valence-electron chi connectivity index (χ1n) is 9.28. The SMILES string of the molecule is CC(C)[C@H]1CC[C@H](C)C[C@@H]1OC(=O)[C@H]1O[C@@H](n2cc(F)c(N)nc2=O)CS1. The Morgan fingerprint density at radius 1 is 1.48 bits per heavy atom. The Morgan fingerprint density at radius 3 is 2.93 bits per heavy atom. The Bertz CT molecular complexity index is 757. The minimum absolute atomic E-state index is 0.122.